The third-order valence-corrected chi connectivity index (χ3v) is 2.94. The molecule has 0 heterocycles. The molecule has 0 spiro atoms. The predicted molar refractivity (Wildman–Crippen MR) is 52.7 cm³/mol. The molecule has 1 fully saturated rings. The molecule has 2 nitrogen and oxygen atoms in total. The second kappa shape index (κ2) is 3.24. The van der Waals surface area contributed by atoms with Crippen LogP contribution in [0.1, 0.15) is 24.8 Å². The van der Waals surface area contributed by atoms with Crippen molar-refractivity contribution in [3.63, 3.8) is 0 Å². The van der Waals surface area contributed by atoms with Gasteiger partial charge in [0.15, 0.2) is 0 Å². The Morgan fingerprint density at radius 3 is 2.64 bits per heavy atom. The molecule has 1 aliphatic carbocycles. The fraction of sp³-hybridized carbons (Fsp3) is 0.455. The molecule has 14 heavy (non-hydrogen) atoms. The highest BCUT2D eigenvalue weighted by atomic mass is 19.1. The van der Waals surface area contributed by atoms with Crippen LogP contribution in [-0.2, 0) is 5.54 Å². The molecule has 1 aromatic carbocycles. The number of hydrogen-bond donors (Lipinski definition) is 1. The molecule has 0 unspecified atom stereocenters. The number of hydrogen-bond acceptors (Lipinski definition) is 2. The monoisotopic (exact) mass is 195 g/mol. The lowest BCUT2D eigenvalue weighted by Gasteiger charge is -2.39. The highest BCUT2D eigenvalue weighted by Gasteiger charge is 2.38. The zero-order valence-corrected chi connectivity index (χ0v) is 8.22. The van der Waals surface area contributed by atoms with E-state index in [9.17, 15) is 4.39 Å². The van der Waals surface area contributed by atoms with Gasteiger partial charge < -0.3 is 10.5 Å². The van der Waals surface area contributed by atoms with Gasteiger partial charge >= 0.3 is 0 Å². The van der Waals surface area contributed by atoms with Crippen LogP contribution in [0.5, 0.6) is 5.75 Å². The number of halogens is 1. The zero-order valence-electron chi connectivity index (χ0n) is 8.22. The van der Waals surface area contributed by atoms with Gasteiger partial charge in [0, 0.05) is 11.1 Å². The van der Waals surface area contributed by atoms with E-state index < -0.39 is 5.54 Å². The van der Waals surface area contributed by atoms with Crippen molar-refractivity contribution in [2.45, 2.75) is 24.8 Å². The van der Waals surface area contributed by atoms with Gasteiger partial charge in [-0.1, -0.05) is 6.07 Å². The van der Waals surface area contributed by atoms with E-state index in [2.05, 4.69) is 0 Å². The lowest BCUT2D eigenvalue weighted by atomic mass is 9.72. The Hall–Kier alpha value is -1.09. The summed E-state index contributed by atoms with van der Waals surface area (Å²) in [5.74, 6) is 0.304. The minimum absolute atomic E-state index is 0.258. The Bertz CT molecular complexity index is 347. The van der Waals surface area contributed by atoms with Crippen molar-refractivity contribution in [3.05, 3.63) is 29.6 Å². The van der Waals surface area contributed by atoms with Gasteiger partial charge in [-0.05, 0) is 31.4 Å². The van der Waals surface area contributed by atoms with E-state index in [1.165, 1.54) is 6.07 Å². The van der Waals surface area contributed by atoms with Gasteiger partial charge in [0.1, 0.15) is 11.6 Å². The van der Waals surface area contributed by atoms with Crippen LogP contribution >= 0.6 is 0 Å². The second-order valence-corrected chi connectivity index (χ2v) is 3.83. The van der Waals surface area contributed by atoms with Crippen molar-refractivity contribution >= 4 is 0 Å². The van der Waals surface area contributed by atoms with Gasteiger partial charge in [0.05, 0.1) is 7.11 Å². The molecule has 0 bridgehead atoms. The van der Waals surface area contributed by atoms with Crippen LogP contribution < -0.4 is 10.5 Å². The van der Waals surface area contributed by atoms with Gasteiger partial charge in [-0.3, -0.25) is 0 Å². The van der Waals surface area contributed by atoms with Crippen molar-refractivity contribution in [3.8, 4) is 5.75 Å². The Morgan fingerprint density at radius 2 is 2.14 bits per heavy atom. The van der Waals surface area contributed by atoms with Crippen LogP contribution in [0.4, 0.5) is 4.39 Å². The number of nitrogens with two attached hydrogens (primary N) is 1. The Kier molecular flexibility index (Phi) is 2.19. The molecule has 0 aliphatic heterocycles. The molecule has 0 radical (unpaired) electrons. The molecule has 2 N–H and O–H groups in total. The van der Waals surface area contributed by atoms with Gasteiger partial charge in [-0.2, -0.15) is 0 Å². The van der Waals surface area contributed by atoms with Crippen LogP contribution in [0.2, 0.25) is 0 Å². The molecule has 0 aromatic heterocycles. The molecule has 76 valence electrons. The number of rotatable bonds is 2. The molecule has 1 saturated carbocycles. The fourth-order valence-corrected chi connectivity index (χ4v) is 1.97. The fourth-order valence-electron chi connectivity index (χ4n) is 1.97. The maximum Gasteiger partial charge on any atom is 0.131 e. The summed E-state index contributed by atoms with van der Waals surface area (Å²) in [5, 5.41) is 0. The molecule has 0 saturated heterocycles. The Morgan fingerprint density at radius 1 is 1.43 bits per heavy atom. The lowest BCUT2D eigenvalue weighted by Crippen LogP contribution is -2.44. The maximum absolute atomic E-state index is 13.6. The summed E-state index contributed by atoms with van der Waals surface area (Å²) in [6, 6.07) is 4.83. The Labute approximate surface area is 82.9 Å². The van der Waals surface area contributed by atoms with Crippen molar-refractivity contribution in [2.24, 2.45) is 5.73 Å². The van der Waals surface area contributed by atoms with Crippen LogP contribution in [0.15, 0.2) is 18.2 Å². The largest absolute Gasteiger partial charge is 0.496 e. The van der Waals surface area contributed by atoms with E-state index in [0.29, 0.717) is 11.3 Å². The SMILES string of the molecule is COc1cccc(F)c1C1(N)CCC1. The van der Waals surface area contributed by atoms with E-state index in [0.717, 1.165) is 19.3 Å². The Balaban J connectivity index is 2.49. The number of methoxy groups -OCH3 is 1. The van der Waals surface area contributed by atoms with E-state index in [1.807, 2.05) is 0 Å². The van der Waals surface area contributed by atoms with Gasteiger partial charge in [0.2, 0.25) is 0 Å². The number of ether oxygens (including phenoxy) is 1. The molecule has 3 heteroatoms. The summed E-state index contributed by atoms with van der Waals surface area (Å²) in [5.41, 5.74) is 6.11. The second-order valence-electron chi connectivity index (χ2n) is 3.83. The standard InChI is InChI=1S/C11H14FNO/c1-14-9-5-2-4-8(12)10(9)11(13)6-3-7-11/h2,4-5H,3,6-7,13H2,1H3. The lowest BCUT2D eigenvalue weighted by molar-refractivity contribution is 0.235. The first kappa shape index (κ1) is 9.46. The summed E-state index contributed by atoms with van der Waals surface area (Å²) in [6.07, 6.45) is 2.74. The highest BCUT2D eigenvalue weighted by molar-refractivity contribution is 5.41. The van der Waals surface area contributed by atoms with Crippen LogP contribution in [-0.4, -0.2) is 7.11 Å². The molecule has 1 aliphatic rings. The highest BCUT2D eigenvalue weighted by Crippen LogP contribution is 2.43. The average Bonchev–Trinajstić information content (AvgIpc) is 2.14. The van der Waals surface area contributed by atoms with Crippen LogP contribution in [0, 0.1) is 5.82 Å². The first-order chi connectivity index (χ1) is 6.67. The summed E-state index contributed by atoms with van der Waals surface area (Å²) < 4.78 is 18.7. The molecule has 1 aromatic rings. The molecule has 0 amide bonds. The van der Waals surface area contributed by atoms with E-state index in [-0.39, 0.29) is 5.82 Å². The van der Waals surface area contributed by atoms with Crippen LogP contribution in [0.25, 0.3) is 0 Å². The van der Waals surface area contributed by atoms with E-state index in [1.54, 1.807) is 19.2 Å². The average molecular weight is 195 g/mol. The predicted octanol–water partition coefficient (Wildman–Crippen LogP) is 2.17. The van der Waals surface area contributed by atoms with Gasteiger partial charge in [0.25, 0.3) is 0 Å². The molecule has 2 rings (SSSR count). The normalized spacial score (nSPS) is 18.8. The summed E-state index contributed by atoms with van der Waals surface area (Å²) >= 11 is 0. The minimum Gasteiger partial charge on any atom is -0.496 e. The van der Waals surface area contributed by atoms with Gasteiger partial charge in [-0.15, -0.1) is 0 Å². The van der Waals surface area contributed by atoms with Crippen molar-refractivity contribution in [1.82, 2.24) is 0 Å². The van der Waals surface area contributed by atoms with Crippen LogP contribution in [0.3, 0.4) is 0 Å². The van der Waals surface area contributed by atoms with E-state index in [4.69, 9.17) is 10.5 Å². The summed E-state index contributed by atoms with van der Waals surface area (Å²) in [4.78, 5) is 0. The third kappa shape index (κ3) is 1.28. The van der Waals surface area contributed by atoms with Crippen molar-refractivity contribution in [1.29, 1.82) is 0 Å². The molecular weight excluding hydrogens is 181 g/mol. The summed E-state index contributed by atoms with van der Waals surface area (Å²) in [6.45, 7) is 0. The minimum atomic E-state index is -0.503. The van der Waals surface area contributed by atoms with E-state index >= 15 is 0 Å². The summed E-state index contributed by atoms with van der Waals surface area (Å²) in [7, 11) is 1.54. The van der Waals surface area contributed by atoms with Crippen molar-refractivity contribution < 1.29 is 9.13 Å². The molecular formula is C11H14FNO. The quantitative estimate of drug-likeness (QED) is 0.785. The van der Waals surface area contributed by atoms with Crippen molar-refractivity contribution in [2.75, 3.05) is 7.11 Å². The number of benzene rings is 1. The maximum atomic E-state index is 13.6. The first-order valence-corrected chi connectivity index (χ1v) is 4.79. The third-order valence-electron chi connectivity index (χ3n) is 2.94. The topological polar surface area (TPSA) is 35.2 Å². The molecule has 0 atom stereocenters. The smallest absolute Gasteiger partial charge is 0.131 e. The zero-order chi connectivity index (χ0) is 10.2. The van der Waals surface area contributed by atoms with Gasteiger partial charge in [-0.25, -0.2) is 4.39 Å². The first-order valence-electron chi connectivity index (χ1n) is 4.79.